The number of carboxylic acids is 1. The summed E-state index contributed by atoms with van der Waals surface area (Å²) in [6, 6.07) is 9.32. The molecule has 2 aromatic carbocycles. The molecule has 0 amide bonds. The van der Waals surface area contributed by atoms with Crippen molar-refractivity contribution >= 4 is 26.6 Å². The SMILES string of the molecule is CCS(=O)(=O)c1ccc2cc(C(=O)O)ccc2c1. The molecule has 0 fully saturated rings. The van der Waals surface area contributed by atoms with E-state index in [-0.39, 0.29) is 16.2 Å². The lowest BCUT2D eigenvalue weighted by atomic mass is 10.1. The monoisotopic (exact) mass is 264 g/mol. The Morgan fingerprint density at radius 1 is 1.11 bits per heavy atom. The minimum absolute atomic E-state index is 0.0473. The van der Waals surface area contributed by atoms with Crippen LogP contribution in [0.25, 0.3) is 10.8 Å². The van der Waals surface area contributed by atoms with Crippen LogP contribution in [0.3, 0.4) is 0 Å². The number of aromatic carboxylic acids is 1. The Hall–Kier alpha value is -1.88. The van der Waals surface area contributed by atoms with E-state index in [0.717, 1.165) is 5.39 Å². The zero-order chi connectivity index (χ0) is 13.3. The summed E-state index contributed by atoms with van der Waals surface area (Å²) < 4.78 is 23.5. The molecule has 0 saturated heterocycles. The van der Waals surface area contributed by atoms with Crippen LogP contribution in [0.4, 0.5) is 0 Å². The van der Waals surface area contributed by atoms with Gasteiger partial charge in [-0.2, -0.15) is 0 Å². The number of hydrogen-bond acceptors (Lipinski definition) is 3. The van der Waals surface area contributed by atoms with Crippen LogP contribution in [0.15, 0.2) is 41.3 Å². The number of carbonyl (C=O) groups is 1. The summed E-state index contributed by atoms with van der Waals surface area (Å²) in [4.78, 5) is 11.1. The molecule has 0 spiro atoms. The van der Waals surface area contributed by atoms with Crippen molar-refractivity contribution in [2.75, 3.05) is 5.75 Å². The Bertz CT molecular complexity index is 717. The highest BCUT2D eigenvalue weighted by molar-refractivity contribution is 7.91. The van der Waals surface area contributed by atoms with Gasteiger partial charge in [-0.25, -0.2) is 13.2 Å². The molecule has 0 aliphatic rings. The third-order valence-electron chi connectivity index (χ3n) is 2.80. The van der Waals surface area contributed by atoms with Crippen LogP contribution in [-0.4, -0.2) is 25.2 Å². The van der Waals surface area contributed by atoms with Crippen LogP contribution < -0.4 is 0 Å². The Morgan fingerprint density at radius 2 is 1.72 bits per heavy atom. The zero-order valence-corrected chi connectivity index (χ0v) is 10.6. The van der Waals surface area contributed by atoms with E-state index in [1.165, 1.54) is 18.2 Å². The van der Waals surface area contributed by atoms with Gasteiger partial charge in [0.15, 0.2) is 9.84 Å². The number of fused-ring (bicyclic) bond motifs is 1. The molecule has 1 N–H and O–H groups in total. The van der Waals surface area contributed by atoms with Gasteiger partial charge in [0, 0.05) is 0 Å². The maximum Gasteiger partial charge on any atom is 0.335 e. The van der Waals surface area contributed by atoms with Gasteiger partial charge in [0.25, 0.3) is 0 Å². The Kier molecular flexibility index (Phi) is 3.09. The normalized spacial score (nSPS) is 11.6. The Balaban J connectivity index is 2.61. The maximum atomic E-state index is 11.7. The summed E-state index contributed by atoms with van der Waals surface area (Å²) >= 11 is 0. The molecule has 2 aromatic rings. The van der Waals surface area contributed by atoms with E-state index in [9.17, 15) is 13.2 Å². The fourth-order valence-corrected chi connectivity index (χ4v) is 2.63. The second kappa shape index (κ2) is 4.42. The molecule has 0 saturated carbocycles. The first kappa shape index (κ1) is 12.6. The van der Waals surface area contributed by atoms with E-state index in [2.05, 4.69) is 0 Å². The number of hydrogen-bond donors (Lipinski definition) is 1. The molecule has 0 aliphatic heterocycles. The first-order valence-corrected chi connectivity index (χ1v) is 7.09. The van der Waals surface area contributed by atoms with Crippen molar-refractivity contribution in [2.45, 2.75) is 11.8 Å². The van der Waals surface area contributed by atoms with Crippen LogP contribution in [0.1, 0.15) is 17.3 Å². The summed E-state index contributed by atoms with van der Waals surface area (Å²) in [7, 11) is -3.23. The fourth-order valence-electron chi connectivity index (χ4n) is 1.72. The van der Waals surface area contributed by atoms with Gasteiger partial charge >= 0.3 is 5.97 Å². The number of benzene rings is 2. The molecule has 0 heterocycles. The van der Waals surface area contributed by atoms with E-state index >= 15 is 0 Å². The molecule has 0 unspecified atom stereocenters. The average Bonchev–Trinajstić information content (AvgIpc) is 2.37. The van der Waals surface area contributed by atoms with E-state index < -0.39 is 15.8 Å². The first-order chi connectivity index (χ1) is 8.44. The van der Waals surface area contributed by atoms with Gasteiger partial charge in [-0.1, -0.05) is 19.1 Å². The van der Waals surface area contributed by atoms with Gasteiger partial charge in [-0.15, -0.1) is 0 Å². The fraction of sp³-hybridized carbons (Fsp3) is 0.154. The molecule has 0 aliphatic carbocycles. The second-order valence-corrected chi connectivity index (χ2v) is 6.21. The minimum atomic E-state index is -3.23. The van der Waals surface area contributed by atoms with Crippen molar-refractivity contribution in [2.24, 2.45) is 0 Å². The largest absolute Gasteiger partial charge is 0.478 e. The minimum Gasteiger partial charge on any atom is -0.478 e. The lowest BCUT2D eigenvalue weighted by molar-refractivity contribution is 0.0697. The van der Waals surface area contributed by atoms with Gasteiger partial charge in [-0.3, -0.25) is 0 Å². The van der Waals surface area contributed by atoms with E-state index in [1.807, 2.05) is 0 Å². The average molecular weight is 264 g/mol. The summed E-state index contributed by atoms with van der Waals surface area (Å²) in [6.07, 6.45) is 0. The predicted octanol–water partition coefficient (Wildman–Crippen LogP) is 2.33. The molecule has 5 heteroatoms. The maximum absolute atomic E-state index is 11.7. The van der Waals surface area contributed by atoms with Crippen molar-refractivity contribution in [1.82, 2.24) is 0 Å². The Morgan fingerprint density at radius 3 is 2.33 bits per heavy atom. The second-order valence-electron chi connectivity index (χ2n) is 3.93. The van der Waals surface area contributed by atoms with Gasteiger partial charge in [0.1, 0.15) is 0 Å². The number of sulfone groups is 1. The molecule has 94 valence electrons. The molecule has 0 aromatic heterocycles. The third-order valence-corrected chi connectivity index (χ3v) is 4.53. The highest BCUT2D eigenvalue weighted by Gasteiger charge is 2.12. The lowest BCUT2D eigenvalue weighted by Crippen LogP contribution is -2.03. The standard InChI is InChI=1S/C13H12O4S/c1-2-18(16,17)12-6-5-9-7-11(13(14)15)4-3-10(9)8-12/h3-8H,2H2,1H3,(H,14,15). The molecule has 2 rings (SSSR count). The van der Waals surface area contributed by atoms with Crippen molar-refractivity contribution in [1.29, 1.82) is 0 Å². The summed E-state index contributed by atoms with van der Waals surface area (Å²) in [5, 5.41) is 10.3. The van der Waals surface area contributed by atoms with Crippen LogP contribution in [0.2, 0.25) is 0 Å². The molecule has 0 atom stereocenters. The summed E-state index contributed by atoms with van der Waals surface area (Å²) in [5.74, 6) is -0.951. The highest BCUT2D eigenvalue weighted by atomic mass is 32.2. The smallest absolute Gasteiger partial charge is 0.335 e. The van der Waals surface area contributed by atoms with E-state index in [0.29, 0.717) is 5.39 Å². The van der Waals surface area contributed by atoms with Crippen LogP contribution in [-0.2, 0) is 9.84 Å². The lowest BCUT2D eigenvalue weighted by Gasteiger charge is -2.04. The highest BCUT2D eigenvalue weighted by Crippen LogP contribution is 2.21. The van der Waals surface area contributed by atoms with Gasteiger partial charge in [0.05, 0.1) is 16.2 Å². The van der Waals surface area contributed by atoms with Crippen LogP contribution in [0.5, 0.6) is 0 Å². The molecule has 0 bridgehead atoms. The van der Waals surface area contributed by atoms with Crippen molar-refractivity contribution in [3.63, 3.8) is 0 Å². The quantitative estimate of drug-likeness (QED) is 0.923. The van der Waals surface area contributed by atoms with Gasteiger partial charge < -0.3 is 5.11 Å². The van der Waals surface area contributed by atoms with Crippen molar-refractivity contribution in [3.8, 4) is 0 Å². The predicted molar refractivity (Wildman–Crippen MR) is 68.6 cm³/mol. The van der Waals surface area contributed by atoms with Crippen molar-refractivity contribution < 1.29 is 18.3 Å². The molecular weight excluding hydrogens is 252 g/mol. The first-order valence-electron chi connectivity index (χ1n) is 5.44. The molecule has 0 radical (unpaired) electrons. The van der Waals surface area contributed by atoms with Crippen molar-refractivity contribution in [3.05, 3.63) is 42.0 Å². The summed E-state index contributed by atoms with van der Waals surface area (Å²) in [6.45, 7) is 1.59. The molecule has 18 heavy (non-hydrogen) atoms. The van der Waals surface area contributed by atoms with E-state index in [1.54, 1.807) is 25.1 Å². The summed E-state index contributed by atoms with van der Waals surface area (Å²) in [5.41, 5.74) is 0.189. The molecular formula is C13H12O4S. The Labute approximate surface area is 105 Å². The number of carboxylic acid groups (broad SMARTS) is 1. The third kappa shape index (κ3) is 2.22. The molecule has 4 nitrogen and oxygen atoms in total. The van der Waals surface area contributed by atoms with Crippen LogP contribution in [0, 0.1) is 0 Å². The number of rotatable bonds is 3. The van der Waals surface area contributed by atoms with Gasteiger partial charge in [-0.05, 0) is 35.0 Å². The van der Waals surface area contributed by atoms with Gasteiger partial charge in [0.2, 0.25) is 0 Å². The van der Waals surface area contributed by atoms with E-state index in [4.69, 9.17) is 5.11 Å². The van der Waals surface area contributed by atoms with Crippen LogP contribution >= 0.6 is 0 Å². The topological polar surface area (TPSA) is 71.4 Å². The zero-order valence-electron chi connectivity index (χ0n) is 9.75.